The van der Waals surface area contributed by atoms with Gasteiger partial charge in [0.1, 0.15) is 9.77 Å². The Kier molecular flexibility index (Phi) is 6.64. The lowest BCUT2D eigenvalue weighted by atomic mass is 10.0. The average molecular weight is 485 g/mol. The quantitative estimate of drug-likeness (QED) is 0.500. The van der Waals surface area contributed by atoms with Gasteiger partial charge in [-0.05, 0) is 46.7 Å². The molecule has 1 amide bonds. The van der Waals surface area contributed by atoms with Gasteiger partial charge < -0.3 is 9.64 Å². The minimum absolute atomic E-state index is 0.0461. The van der Waals surface area contributed by atoms with Gasteiger partial charge in [-0.1, -0.05) is 36.4 Å². The third-order valence-corrected chi connectivity index (χ3v) is 8.60. The SMILES string of the molecule is COC(=O)c1ccc(CN(C)C(=O)c2sccc2S(=O)(=O)N2CCc3ccccc3C2)cc1. The second kappa shape index (κ2) is 9.46. The van der Waals surface area contributed by atoms with Gasteiger partial charge in [0.25, 0.3) is 5.91 Å². The molecule has 1 aliphatic rings. The normalized spacial score (nSPS) is 13.9. The van der Waals surface area contributed by atoms with Crippen molar-refractivity contribution in [1.29, 1.82) is 0 Å². The highest BCUT2D eigenvalue weighted by atomic mass is 32.2. The van der Waals surface area contributed by atoms with E-state index < -0.39 is 16.0 Å². The van der Waals surface area contributed by atoms with Crippen LogP contribution in [0.25, 0.3) is 0 Å². The number of nitrogens with zero attached hydrogens (tertiary/aromatic N) is 2. The molecule has 7 nitrogen and oxygen atoms in total. The van der Waals surface area contributed by atoms with E-state index in [0.717, 1.165) is 28.0 Å². The molecule has 0 radical (unpaired) electrons. The van der Waals surface area contributed by atoms with Crippen molar-refractivity contribution in [3.8, 4) is 0 Å². The number of ether oxygens (including phenoxy) is 1. The number of rotatable bonds is 6. The summed E-state index contributed by atoms with van der Waals surface area (Å²) in [5.74, 6) is -0.794. The highest BCUT2D eigenvalue weighted by Crippen LogP contribution is 2.30. The predicted molar refractivity (Wildman–Crippen MR) is 126 cm³/mol. The van der Waals surface area contributed by atoms with E-state index in [1.165, 1.54) is 22.4 Å². The van der Waals surface area contributed by atoms with Gasteiger partial charge >= 0.3 is 5.97 Å². The summed E-state index contributed by atoms with van der Waals surface area (Å²) in [6.45, 7) is 0.949. The number of benzene rings is 2. The maximum Gasteiger partial charge on any atom is 0.337 e. The van der Waals surface area contributed by atoms with Crippen LogP contribution in [-0.4, -0.2) is 50.2 Å². The van der Waals surface area contributed by atoms with E-state index in [4.69, 9.17) is 4.74 Å². The molecule has 0 fully saturated rings. The third-order valence-electron chi connectivity index (χ3n) is 5.68. The predicted octanol–water partition coefficient (Wildman–Crippen LogP) is 3.55. The maximum atomic E-state index is 13.4. The fraction of sp³-hybridized carbons (Fsp3) is 0.250. The van der Waals surface area contributed by atoms with Crippen LogP contribution < -0.4 is 0 Å². The van der Waals surface area contributed by atoms with Crippen LogP contribution in [0.2, 0.25) is 0 Å². The Balaban J connectivity index is 1.51. The molecule has 0 spiro atoms. The van der Waals surface area contributed by atoms with Crippen LogP contribution in [-0.2, 0) is 34.3 Å². The molecule has 3 aromatic rings. The summed E-state index contributed by atoms with van der Waals surface area (Å²) in [4.78, 5) is 26.5. The van der Waals surface area contributed by atoms with Gasteiger partial charge in [-0.25, -0.2) is 13.2 Å². The van der Waals surface area contributed by atoms with Gasteiger partial charge in [0, 0.05) is 26.7 Å². The zero-order valence-corrected chi connectivity index (χ0v) is 20.0. The van der Waals surface area contributed by atoms with E-state index >= 15 is 0 Å². The smallest absolute Gasteiger partial charge is 0.337 e. The zero-order chi connectivity index (χ0) is 23.6. The number of thiophene rings is 1. The lowest BCUT2D eigenvalue weighted by Crippen LogP contribution is -2.37. The second-order valence-electron chi connectivity index (χ2n) is 7.82. The highest BCUT2D eigenvalue weighted by molar-refractivity contribution is 7.89. The Morgan fingerprint density at radius 1 is 1.06 bits per heavy atom. The van der Waals surface area contributed by atoms with E-state index in [0.29, 0.717) is 25.1 Å². The number of sulfonamides is 1. The van der Waals surface area contributed by atoms with Crippen LogP contribution in [0, 0.1) is 0 Å². The minimum Gasteiger partial charge on any atom is -0.465 e. The molecule has 2 aromatic carbocycles. The molecule has 9 heteroatoms. The lowest BCUT2D eigenvalue weighted by Gasteiger charge is -2.28. The molecule has 1 aromatic heterocycles. The first-order valence-corrected chi connectivity index (χ1v) is 12.7. The minimum atomic E-state index is -3.82. The van der Waals surface area contributed by atoms with Gasteiger partial charge in [0.15, 0.2) is 0 Å². The molecule has 0 N–H and O–H groups in total. The lowest BCUT2D eigenvalue weighted by molar-refractivity contribution is 0.0600. The number of methoxy groups -OCH3 is 1. The number of amides is 1. The van der Waals surface area contributed by atoms with Gasteiger partial charge in [0.05, 0.1) is 12.7 Å². The van der Waals surface area contributed by atoms with Gasteiger partial charge in [0.2, 0.25) is 10.0 Å². The fourth-order valence-electron chi connectivity index (χ4n) is 3.85. The summed E-state index contributed by atoms with van der Waals surface area (Å²) >= 11 is 1.12. The standard InChI is InChI=1S/C24H24N2O5S2/c1-25(15-17-7-9-19(10-8-17)24(28)31-2)23(27)22-21(12-14-32-22)33(29,30)26-13-11-18-5-3-4-6-20(18)16-26/h3-10,12,14H,11,13,15-16H2,1-2H3. The van der Waals surface area contributed by atoms with Gasteiger partial charge in [-0.15, -0.1) is 11.3 Å². The summed E-state index contributed by atoms with van der Waals surface area (Å²) in [5.41, 5.74) is 3.38. The monoisotopic (exact) mass is 484 g/mol. The summed E-state index contributed by atoms with van der Waals surface area (Å²) in [7, 11) is -0.870. The molecule has 0 atom stereocenters. The number of hydrogen-bond donors (Lipinski definition) is 0. The van der Waals surface area contributed by atoms with Crippen molar-refractivity contribution in [2.75, 3.05) is 20.7 Å². The van der Waals surface area contributed by atoms with Crippen molar-refractivity contribution >= 4 is 33.2 Å². The van der Waals surface area contributed by atoms with Crippen LogP contribution in [0.1, 0.15) is 36.7 Å². The van der Waals surface area contributed by atoms with Crippen molar-refractivity contribution < 1.29 is 22.7 Å². The Morgan fingerprint density at radius 3 is 2.45 bits per heavy atom. The molecular formula is C24H24N2O5S2. The summed E-state index contributed by atoms with van der Waals surface area (Å²) in [6, 6.07) is 16.1. The fourth-order valence-corrected chi connectivity index (χ4v) is 6.66. The maximum absolute atomic E-state index is 13.4. The van der Waals surface area contributed by atoms with Crippen molar-refractivity contribution in [1.82, 2.24) is 9.21 Å². The molecule has 2 heterocycles. The summed E-state index contributed by atoms with van der Waals surface area (Å²) in [6.07, 6.45) is 0.643. The second-order valence-corrected chi connectivity index (χ2v) is 10.6. The van der Waals surface area contributed by atoms with Crippen LogP contribution in [0.5, 0.6) is 0 Å². The largest absolute Gasteiger partial charge is 0.465 e. The topological polar surface area (TPSA) is 84.0 Å². The van der Waals surface area contributed by atoms with E-state index in [1.807, 2.05) is 24.3 Å². The van der Waals surface area contributed by atoms with E-state index in [2.05, 4.69) is 0 Å². The third kappa shape index (κ3) is 4.71. The Hall–Kier alpha value is -3.01. The average Bonchev–Trinajstić information content (AvgIpc) is 3.34. The number of carbonyl (C=O) groups excluding carboxylic acids is 2. The number of hydrogen-bond acceptors (Lipinski definition) is 6. The van der Waals surface area contributed by atoms with Crippen molar-refractivity contribution in [2.24, 2.45) is 0 Å². The number of esters is 1. The van der Waals surface area contributed by atoms with E-state index in [-0.39, 0.29) is 22.2 Å². The zero-order valence-electron chi connectivity index (χ0n) is 18.4. The highest BCUT2D eigenvalue weighted by Gasteiger charge is 2.33. The molecule has 1 aliphatic heterocycles. The molecular weight excluding hydrogens is 460 g/mol. The molecule has 0 unspecified atom stereocenters. The molecule has 0 saturated heterocycles. The summed E-state index contributed by atoms with van der Waals surface area (Å²) < 4.78 is 33.0. The van der Waals surface area contributed by atoms with E-state index in [1.54, 1.807) is 36.7 Å². The Bertz CT molecular complexity index is 1280. The molecule has 0 aliphatic carbocycles. The van der Waals surface area contributed by atoms with Crippen LogP contribution in [0.3, 0.4) is 0 Å². The van der Waals surface area contributed by atoms with Crippen LogP contribution in [0.15, 0.2) is 64.9 Å². The molecule has 172 valence electrons. The van der Waals surface area contributed by atoms with Crippen LogP contribution >= 0.6 is 11.3 Å². The Morgan fingerprint density at radius 2 is 1.76 bits per heavy atom. The van der Waals surface area contributed by atoms with Crippen molar-refractivity contribution in [3.63, 3.8) is 0 Å². The van der Waals surface area contributed by atoms with Crippen molar-refractivity contribution in [3.05, 3.63) is 87.1 Å². The van der Waals surface area contributed by atoms with Gasteiger partial charge in [-0.2, -0.15) is 4.31 Å². The molecule has 0 saturated carbocycles. The summed E-state index contributed by atoms with van der Waals surface area (Å²) in [5, 5.41) is 1.64. The first-order valence-electron chi connectivity index (χ1n) is 10.4. The Labute approximate surface area is 197 Å². The number of carbonyl (C=O) groups is 2. The first-order chi connectivity index (χ1) is 15.8. The first kappa shape index (κ1) is 23.2. The van der Waals surface area contributed by atoms with E-state index in [9.17, 15) is 18.0 Å². The van der Waals surface area contributed by atoms with Crippen LogP contribution in [0.4, 0.5) is 0 Å². The molecule has 4 rings (SSSR count). The van der Waals surface area contributed by atoms with Crippen molar-refractivity contribution in [2.45, 2.75) is 24.4 Å². The number of fused-ring (bicyclic) bond motifs is 1. The molecule has 0 bridgehead atoms. The molecule has 33 heavy (non-hydrogen) atoms. The van der Waals surface area contributed by atoms with Gasteiger partial charge in [-0.3, -0.25) is 4.79 Å².